The molecule has 0 atom stereocenters. The Morgan fingerprint density at radius 1 is 1.06 bits per heavy atom. The van der Waals surface area contributed by atoms with Crippen LogP contribution in [0.3, 0.4) is 0 Å². The second kappa shape index (κ2) is 9.87. The van der Waals surface area contributed by atoms with Crippen molar-refractivity contribution in [2.75, 3.05) is 43.4 Å². The molecule has 0 bridgehead atoms. The van der Waals surface area contributed by atoms with E-state index >= 15 is 0 Å². The van der Waals surface area contributed by atoms with E-state index in [0.717, 1.165) is 42.8 Å². The lowest BCUT2D eigenvalue weighted by atomic mass is 10.1. The molecule has 1 fully saturated rings. The van der Waals surface area contributed by atoms with Gasteiger partial charge in [0.25, 0.3) is 5.91 Å². The first-order valence-corrected chi connectivity index (χ1v) is 11.5. The van der Waals surface area contributed by atoms with Crippen LogP contribution in [0.4, 0.5) is 11.4 Å². The Morgan fingerprint density at radius 3 is 2.63 bits per heavy atom. The zero-order valence-corrected chi connectivity index (χ0v) is 19.7. The number of piperazine rings is 1. The second-order valence-electron chi connectivity index (χ2n) is 8.42. The number of H-pyrrole nitrogens is 1. The van der Waals surface area contributed by atoms with Crippen LogP contribution >= 0.6 is 0 Å². The van der Waals surface area contributed by atoms with E-state index < -0.39 is 0 Å². The molecule has 8 nitrogen and oxygen atoms in total. The fraction of sp³-hybridized carbons (Fsp3) is 0.222. The number of hydrogen-bond donors (Lipinski definition) is 2. The molecule has 1 amide bonds. The normalized spacial score (nSPS) is 13.8. The van der Waals surface area contributed by atoms with Crippen LogP contribution in [-0.4, -0.2) is 59.0 Å². The van der Waals surface area contributed by atoms with Gasteiger partial charge in [0.15, 0.2) is 0 Å². The topological polar surface area (TPSA) is 86.4 Å². The molecule has 2 N–H and O–H groups in total. The van der Waals surface area contributed by atoms with Crippen LogP contribution in [0.1, 0.15) is 6.92 Å². The summed E-state index contributed by atoms with van der Waals surface area (Å²) in [7, 11) is 2.16. The van der Waals surface area contributed by atoms with E-state index in [-0.39, 0.29) is 5.91 Å². The number of anilines is 2. The molecular formula is C27H26N6O2. The number of carbonyl (C=O) groups excluding carboxylic acids is 1. The molecule has 0 unspecified atom stereocenters. The quantitative estimate of drug-likeness (QED) is 0.430. The Morgan fingerprint density at radius 2 is 1.86 bits per heavy atom. The molecule has 1 aliphatic rings. The van der Waals surface area contributed by atoms with E-state index in [0.29, 0.717) is 23.0 Å². The molecule has 35 heavy (non-hydrogen) atoms. The summed E-state index contributed by atoms with van der Waals surface area (Å²) < 4.78 is 6.06. The Balaban J connectivity index is 1.36. The fourth-order valence-electron chi connectivity index (χ4n) is 4.10. The van der Waals surface area contributed by atoms with Gasteiger partial charge in [-0.2, -0.15) is 0 Å². The first-order valence-electron chi connectivity index (χ1n) is 11.5. The van der Waals surface area contributed by atoms with Crippen molar-refractivity contribution in [1.82, 2.24) is 19.9 Å². The lowest BCUT2D eigenvalue weighted by Gasteiger charge is -2.34. The van der Waals surface area contributed by atoms with Crippen molar-refractivity contribution < 1.29 is 9.53 Å². The molecule has 0 saturated carbocycles. The van der Waals surface area contributed by atoms with Crippen LogP contribution in [0, 0.1) is 11.8 Å². The molecule has 0 spiro atoms. The standard InChI is InChI=1S/C27H26N6O2/c1-3-5-25(34)30-20-6-4-7-22(16-20)35-27-23-17-24(31-26(23)28-18-29-27)19-8-10-21(11-9-19)33-14-12-32(2)13-15-33/h4,6-11,16-18H,12-15H2,1-2H3,(H,30,34)(H,28,29,31). The molecule has 0 aliphatic carbocycles. The first kappa shape index (κ1) is 22.4. The van der Waals surface area contributed by atoms with Crippen molar-refractivity contribution in [3.63, 3.8) is 0 Å². The highest BCUT2D eigenvalue weighted by Gasteiger charge is 2.15. The molecule has 1 aliphatic heterocycles. The van der Waals surface area contributed by atoms with Gasteiger partial charge in [-0.05, 0) is 55.8 Å². The summed E-state index contributed by atoms with van der Waals surface area (Å²) in [6.45, 7) is 5.85. The van der Waals surface area contributed by atoms with Crippen LogP contribution in [-0.2, 0) is 4.79 Å². The molecule has 1 saturated heterocycles. The number of aromatic amines is 1. The van der Waals surface area contributed by atoms with Crippen molar-refractivity contribution in [2.24, 2.45) is 0 Å². The average Bonchev–Trinajstić information content (AvgIpc) is 3.31. The zero-order valence-electron chi connectivity index (χ0n) is 19.7. The van der Waals surface area contributed by atoms with Crippen molar-refractivity contribution in [3.05, 3.63) is 60.9 Å². The smallest absolute Gasteiger partial charge is 0.300 e. The number of rotatable bonds is 5. The van der Waals surface area contributed by atoms with Gasteiger partial charge >= 0.3 is 0 Å². The third-order valence-electron chi connectivity index (χ3n) is 5.98. The Labute approximate surface area is 203 Å². The third-order valence-corrected chi connectivity index (χ3v) is 5.98. The van der Waals surface area contributed by atoms with E-state index in [4.69, 9.17) is 4.74 Å². The number of nitrogens with zero attached hydrogens (tertiary/aromatic N) is 4. The van der Waals surface area contributed by atoms with Crippen molar-refractivity contribution in [2.45, 2.75) is 6.92 Å². The molecule has 4 aromatic rings. The number of amides is 1. The lowest BCUT2D eigenvalue weighted by molar-refractivity contribution is -0.111. The Bertz CT molecular complexity index is 1410. The minimum absolute atomic E-state index is 0.372. The molecule has 2 aromatic carbocycles. The van der Waals surface area contributed by atoms with Gasteiger partial charge < -0.3 is 24.8 Å². The molecule has 3 heterocycles. The van der Waals surface area contributed by atoms with Gasteiger partial charge in [0.2, 0.25) is 5.88 Å². The summed E-state index contributed by atoms with van der Waals surface area (Å²) in [5.74, 6) is 5.65. The van der Waals surface area contributed by atoms with Gasteiger partial charge in [-0.1, -0.05) is 24.1 Å². The zero-order chi connectivity index (χ0) is 24.2. The number of benzene rings is 2. The van der Waals surface area contributed by atoms with Crippen LogP contribution in [0.25, 0.3) is 22.3 Å². The largest absolute Gasteiger partial charge is 0.438 e. The molecule has 176 valence electrons. The summed E-state index contributed by atoms with van der Waals surface area (Å²) in [4.78, 5) is 28.6. The van der Waals surface area contributed by atoms with Gasteiger partial charge in [-0.3, -0.25) is 4.79 Å². The SMILES string of the molecule is CC#CC(=O)Nc1cccc(Oc2ncnc3[nH]c(-c4ccc(N5CCN(C)CC5)cc4)cc23)c1. The van der Waals surface area contributed by atoms with Crippen molar-refractivity contribution in [1.29, 1.82) is 0 Å². The minimum atomic E-state index is -0.372. The predicted molar refractivity (Wildman–Crippen MR) is 138 cm³/mol. The van der Waals surface area contributed by atoms with Gasteiger partial charge in [-0.25, -0.2) is 9.97 Å². The number of likely N-dealkylation sites (N-methyl/N-ethyl adjacent to an activating group) is 1. The number of carbonyl (C=O) groups is 1. The van der Waals surface area contributed by atoms with Crippen LogP contribution in [0.5, 0.6) is 11.6 Å². The van der Waals surface area contributed by atoms with E-state index in [1.165, 1.54) is 12.0 Å². The average molecular weight is 467 g/mol. The maximum absolute atomic E-state index is 11.8. The minimum Gasteiger partial charge on any atom is -0.438 e. The summed E-state index contributed by atoms with van der Waals surface area (Å²) >= 11 is 0. The van der Waals surface area contributed by atoms with E-state index in [1.807, 2.05) is 6.07 Å². The highest BCUT2D eigenvalue weighted by molar-refractivity contribution is 6.04. The van der Waals surface area contributed by atoms with E-state index in [2.05, 4.69) is 73.2 Å². The van der Waals surface area contributed by atoms with Crippen LogP contribution in [0.2, 0.25) is 0 Å². The highest BCUT2D eigenvalue weighted by Crippen LogP contribution is 2.32. The lowest BCUT2D eigenvalue weighted by Crippen LogP contribution is -2.44. The summed E-state index contributed by atoms with van der Waals surface area (Å²) in [5, 5.41) is 3.50. The Kier molecular flexibility index (Phi) is 6.33. The molecule has 0 radical (unpaired) electrons. The van der Waals surface area contributed by atoms with E-state index in [1.54, 1.807) is 31.2 Å². The van der Waals surface area contributed by atoms with Crippen molar-refractivity contribution >= 4 is 28.3 Å². The number of nitrogens with one attached hydrogen (secondary N) is 2. The van der Waals surface area contributed by atoms with Crippen molar-refractivity contribution in [3.8, 4) is 34.7 Å². The maximum Gasteiger partial charge on any atom is 0.300 e. The number of ether oxygens (including phenoxy) is 1. The second-order valence-corrected chi connectivity index (χ2v) is 8.42. The van der Waals surface area contributed by atoms with Gasteiger partial charge in [0.05, 0.1) is 5.39 Å². The van der Waals surface area contributed by atoms with Crippen LogP contribution < -0.4 is 15.0 Å². The molecular weight excluding hydrogens is 440 g/mol. The third kappa shape index (κ3) is 5.10. The van der Waals surface area contributed by atoms with Crippen LogP contribution in [0.15, 0.2) is 60.9 Å². The van der Waals surface area contributed by atoms with Gasteiger partial charge in [0, 0.05) is 49.3 Å². The first-order chi connectivity index (χ1) is 17.1. The van der Waals surface area contributed by atoms with E-state index in [9.17, 15) is 4.79 Å². The predicted octanol–water partition coefficient (Wildman–Crippen LogP) is 4.13. The summed E-state index contributed by atoms with van der Waals surface area (Å²) in [5.41, 5.74) is 4.52. The maximum atomic E-state index is 11.8. The molecule has 5 rings (SSSR count). The monoisotopic (exact) mass is 466 g/mol. The number of hydrogen-bond acceptors (Lipinski definition) is 6. The molecule has 2 aromatic heterocycles. The molecule has 8 heteroatoms. The summed E-state index contributed by atoms with van der Waals surface area (Å²) in [6.07, 6.45) is 1.47. The number of aromatic nitrogens is 3. The number of fused-ring (bicyclic) bond motifs is 1. The van der Waals surface area contributed by atoms with Gasteiger partial charge in [0.1, 0.15) is 17.7 Å². The Hall–Kier alpha value is -4.35. The highest BCUT2D eigenvalue weighted by atomic mass is 16.5. The fourth-order valence-corrected chi connectivity index (χ4v) is 4.10. The van der Waals surface area contributed by atoms with Gasteiger partial charge in [-0.15, -0.1) is 0 Å². The summed E-state index contributed by atoms with van der Waals surface area (Å²) in [6, 6.07) is 17.7.